The molecule has 0 aliphatic heterocycles. The molecule has 0 bridgehead atoms. The molecule has 134 valence electrons. The molecule has 0 spiro atoms. The van der Waals surface area contributed by atoms with Gasteiger partial charge in [-0.3, -0.25) is 4.79 Å². The van der Waals surface area contributed by atoms with E-state index in [1.54, 1.807) is 30.5 Å². The molecule has 0 radical (unpaired) electrons. The number of aromatic nitrogens is 3. The lowest BCUT2D eigenvalue weighted by molar-refractivity contribution is 0.628. The molecule has 0 saturated heterocycles. The molecular weight excluding hydrogens is 411 g/mol. The number of pyridine rings is 1. The zero-order valence-corrected chi connectivity index (χ0v) is 15.6. The number of rotatable bonds is 4. The maximum atomic E-state index is 13.3. The van der Waals surface area contributed by atoms with Crippen molar-refractivity contribution in [2.24, 2.45) is 0 Å². The van der Waals surface area contributed by atoms with Crippen LogP contribution in [0.3, 0.4) is 0 Å². The zero-order valence-electron chi connectivity index (χ0n) is 14.1. The third kappa shape index (κ3) is 3.59. The normalized spacial score (nSPS) is 10.9. The first-order valence-corrected chi connectivity index (χ1v) is 9.03. The third-order valence-electron chi connectivity index (χ3n) is 4.09. The quantitative estimate of drug-likeness (QED) is 0.535. The predicted octanol–water partition coefficient (Wildman–Crippen LogP) is 4.10. The molecule has 2 heterocycles. The molecule has 1 N–H and O–H groups in total. The topological polar surface area (TPSA) is 59.8 Å². The van der Waals surface area contributed by atoms with Gasteiger partial charge in [0.15, 0.2) is 11.3 Å². The summed E-state index contributed by atoms with van der Waals surface area (Å²) in [6.07, 6.45) is 1.56. The summed E-state index contributed by atoms with van der Waals surface area (Å²) in [7, 11) is 0. The van der Waals surface area contributed by atoms with Crippen molar-refractivity contribution < 1.29 is 4.39 Å². The van der Waals surface area contributed by atoms with Gasteiger partial charge in [0.05, 0.1) is 12.1 Å². The molecule has 0 atom stereocenters. The number of hydrogen-bond acceptors (Lipinski definition) is 4. The summed E-state index contributed by atoms with van der Waals surface area (Å²) in [4.78, 5) is 21.7. The molecule has 5 nitrogen and oxygen atoms in total. The maximum absolute atomic E-state index is 13.3. The number of hydrogen-bond donors (Lipinski definition) is 1. The largest absolute Gasteiger partial charge is 0.317 e. The van der Waals surface area contributed by atoms with E-state index in [4.69, 9.17) is 0 Å². The summed E-state index contributed by atoms with van der Waals surface area (Å²) in [6.45, 7) is 0.418. The zero-order chi connectivity index (χ0) is 18.8. The lowest BCUT2D eigenvalue weighted by Gasteiger charge is -2.15. The maximum Gasteiger partial charge on any atom is 0.298 e. The van der Waals surface area contributed by atoms with E-state index in [1.165, 1.54) is 16.8 Å². The Morgan fingerprint density at radius 3 is 2.52 bits per heavy atom. The van der Waals surface area contributed by atoms with E-state index in [-0.39, 0.29) is 16.9 Å². The Kier molecular flexibility index (Phi) is 4.68. The second-order valence-electron chi connectivity index (χ2n) is 5.92. The van der Waals surface area contributed by atoms with Crippen LogP contribution in [0.2, 0.25) is 0 Å². The van der Waals surface area contributed by atoms with Crippen LogP contribution in [-0.2, 0) is 6.54 Å². The van der Waals surface area contributed by atoms with Crippen LogP contribution >= 0.6 is 15.9 Å². The monoisotopic (exact) mass is 424 g/mol. The Labute approximate surface area is 162 Å². The van der Waals surface area contributed by atoms with Crippen LogP contribution in [-0.4, -0.2) is 14.6 Å². The van der Waals surface area contributed by atoms with Gasteiger partial charge in [-0.25, -0.2) is 19.0 Å². The molecule has 27 heavy (non-hydrogen) atoms. The Morgan fingerprint density at radius 2 is 1.78 bits per heavy atom. The van der Waals surface area contributed by atoms with E-state index < -0.39 is 0 Å². The van der Waals surface area contributed by atoms with Gasteiger partial charge in [-0.1, -0.05) is 28.1 Å². The molecule has 4 aromatic rings. The van der Waals surface area contributed by atoms with Crippen LogP contribution in [0.4, 0.5) is 4.39 Å². The van der Waals surface area contributed by atoms with Crippen LogP contribution in [0.25, 0.3) is 22.4 Å². The molecule has 0 unspecified atom stereocenters. The van der Waals surface area contributed by atoms with Gasteiger partial charge in [0.2, 0.25) is 0 Å². The lowest BCUT2D eigenvalue weighted by atomic mass is 10.2. The number of nitrogens with one attached hydrogen (secondary N) is 1. The standard InChI is InChI=1S/C20H14BrFN4O/c21-15-7-3-13(4-8-15)12-24-26-19(14-5-9-16(22)10-6-14)25-17-2-1-11-23-18(17)20(26)27/h1-11,24H,12H2. The fourth-order valence-electron chi connectivity index (χ4n) is 2.73. The summed E-state index contributed by atoms with van der Waals surface area (Å²) >= 11 is 3.40. The first kappa shape index (κ1) is 17.4. The van der Waals surface area contributed by atoms with Gasteiger partial charge in [0.1, 0.15) is 5.82 Å². The number of benzene rings is 2. The molecule has 0 fully saturated rings. The minimum atomic E-state index is -0.349. The molecule has 4 rings (SSSR count). The van der Waals surface area contributed by atoms with Gasteiger partial charge in [-0.15, -0.1) is 0 Å². The fourth-order valence-corrected chi connectivity index (χ4v) is 2.99. The smallest absolute Gasteiger partial charge is 0.298 e. The second kappa shape index (κ2) is 7.28. The second-order valence-corrected chi connectivity index (χ2v) is 6.83. The highest BCUT2D eigenvalue weighted by atomic mass is 79.9. The highest BCUT2D eigenvalue weighted by Gasteiger charge is 2.13. The van der Waals surface area contributed by atoms with E-state index in [0.29, 0.717) is 23.4 Å². The van der Waals surface area contributed by atoms with E-state index in [1.807, 2.05) is 24.3 Å². The van der Waals surface area contributed by atoms with Crippen LogP contribution in [0, 0.1) is 5.82 Å². The van der Waals surface area contributed by atoms with E-state index >= 15 is 0 Å². The number of halogens is 2. The number of nitrogens with zero attached hydrogens (tertiary/aromatic N) is 3. The first-order chi connectivity index (χ1) is 13.1. The predicted molar refractivity (Wildman–Crippen MR) is 106 cm³/mol. The Bertz CT molecular complexity index is 1160. The molecule has 0 amide bonds. The Morgan fingerprint density at radius 1 is 1.04 bits per heavy atom. The Hall–Kier alpha value is -3.06. The van der Waals surface area contributed by atoms with E-state index in [9.17, 15) is 9.18 Å². The van der Waals surface area contributed by atoms with Crippen molar-refractivity contribution in [3.8, 4) is 11.4 Å². The summed E-state index contributed by atoms with van der Waals surface area (Å²) < 4.78 is 15.7. The average Bonchev–Trinajstić information content (AvgIpc) is 2.69. The van der Waals surface area contributed by atoms with Crippen molar-refractivity contribution in [1.29, 1.82) is 0 Å². The molecular formula is C20H14BrFN4O. The van der Waals surface area contributed by atoms with Gasteiger partial charge in [0.25, 0.3) is 5.56 Å². The molecule has 2 aromatic carbocycles. The van der Waals surface area contributed by atoms with E-state index in [0.717, 1.165) is 10.0 Å². The van der Waals surface area contributed by atoms with Crippen LogP contribution < -0.4 is 11.0 Å². The molecule has 7 heteroatoms. The molecule has 2 aromatic heterocycles. The SMILES string of the molecule is O=c1c2ncccc2nc(-c2ccc(F)cc2)n1NCc1ccc(Br)cc1. The van der Waals surface area contributed by atoms with Crippen LogP contribution in [0.1, 0.15) is 5.56 Å². The third-order valence-corrected chi connectivity index (χ3v) is 4.62. The van der Waals surface area contributed by atoms with Gasteiger partial charge in [0, 0.05) is 16.2 Å². The van der Waals surface area contributed by atoms with Gasteiger partial charge >= 0.3 is 0 Å². The average molecular weight is 425 g/mol. The minimum Gasteiger partial charge on any atom is -0.317 e. The van der Waals surface area contributed by atoms with Crippen molar-refractivity contribution in [3.63, 3.8) is 0 Å². The lowest BCUT2D eigenvalue weighted by Crippen LogP contribution is -2.31. The summed E-state index contributed by atoms with van der Waals surface area (Å²) in [5.74, 6) is 0.0514. The van der Waals surface area contributed by atoms with Gasteiger partial charge < -0.3 is 5.43 Å². The van der Waals surface area contributed by atoms with Crippen molar-refractivity contribution in [3.05, 3.63) is 93.1 Å². The van der Waals surface area contributed by atoms with Gasteiger partial charge in [-0.2, -0.15) is 0 Å². The Balaban J connectivity index is 1.82. The minimum absolute atomic E-state index is 0.270. The molecule has 0 aliphatic carbocycles. The van der Waals surface area contributed by atoms with Crippen molar-refractivity contribution in [2.45, 2.75) is 6.54 Å². The number of fused-ring (bicyclic) bond motifs is 1. The van der Waals surface area contributed by atoms with E-state index in [2.05, 4.69) is 31.3 Å². The summed E-state index contributed by atoms with van der Waals surface area (Å²) in [6, 6.07) is 17.1. The van der Waals surface area contributed by atoms with Crippen LogP contribution in [0.5, 0.6) is 0 Å². The molecule has 0 aliphatic rings. The highest BCUT2D eigenvalue weighted by Crippen LogP contribution is 2.18. The van der Waals surface area contributed by atoms with Crippen LogP contribution in [0.15, 0.2) is 76.1 Å². The summed E-state index contributed by atoms with van der Waals surface area (Å²) in [5.41, 5.74) is 5.19. The fraction of sp³-hybridized carbons (Fsp3) is 0.0500. The van der Waals surface area contributed by atoms with Crippen molar-refractivity contribution in [2.75, 3.05) is 5.43 Å². The van der Waals surface area contributed by atoms with Gasteiger partial charge in [-0.05, 0) is 54.1 Å². The van der Waals surface area contributed by atoms with Crippen molar-refractivity contribution >= 4 is 27.0 Å². The molecule has 0 saturated carbocycles. The highest BCUT2D eigenvalue weighted by molar-refractivity contribution is 9.10. The first-order valence-electron chi connectivity index (χ1n) is 8.24. The summed E-state index contributed by atoms with van der Waals surface area (Å²) in [5, 5.41) is 0. The van der Waals surface area contributed by atoms with Crippen molar-refractivity contribution in [1.82, 2.24) is 14.6 Å².